The zero-order chi connectivity index (χ0) is 14.9. The Morgan fingerprint density at radius 3 is 2.35 bits per heavy atom. The first-order valence-electron chi connectivity index (χ1n) is 6.03. The van der Waals surface area contributed by atoms with Gasteiger partial charge in [0.1, 0.15) is 0 Å². The minimum atomic E-state index is -1.47. The van der Waals surface area contributed by atoms with Crippen molar-refractivity contribution in [1.29, 1.82) is 0 Å². The summed E-state index contributed by atoms with van der Waals surface area (Å²) in [6.45, 7) is 1.79. The van der Waals surface area contributed by atoms with E-state index in [9.17, 15) is 13.2 Å². The van der Waals surface area contributed by atoms with Crippen LogP contribution in [-0.4, -0.2) is 7.05 Å². The number of hydrogen-bond donors (Lipinski definition) is 1. The molecule has 1 nitrogen and oxygen atoms in total. The van der Waals surface area contributed by atoms with E-state index < -0.39 is 23.5 Å². The Labute approximate surface area is 120 Å². The molecule has 0 aromatic heterocycles. The highest BCUT2D eigenvalue weighted by Crippen LogP contribution is 2.31. The van der Waals surface area contributed by atoms with E-state index in [-0.39, 0.29) is 5.56 Å². The van der Waals surface area contributed by atoms with Crippen LogP contribution in [0.2, 0.25) is 5.02 Å². The molecule has 0 aliphatic carbocycles. The van der Waals surface area contributed by atoms with Gasteiger partial charge in [0.25, 0.3) is 0 Å². The molecule has 5 heteroatoms. The van der Waals surface area contributed by atoms with Crippen LogP contribution in [0, 0.1) is 24.4 Å². The minimum Gasteiger partial charge on any atom is -0.309 e. The molecule has 1 N–H and O–H groups in total. The van der Waals surface area contributed by atoms with Crippen molar-refractivity contribution in [3.05, 3.63) is 69.5 Å². The fourth-order valence-electron chi connectivity index (χ4n) is 2.18. The van der Waals surface area contributed by atoms with Gasteiger partial charge in [0.2, 0.25) is 0 Å². The van der Waals surface area contributed by atoms with E-state index in [0.717, 1.165) is 11.6 Å². The van der Waals surface area contributed by atoms with Crippen molar-refractivity contribution in [2.45, 2.75) is 13.0 Å². The standard InChI is InChI=1S/C15H13ClF3N/c1-8-9(4-3-5-11(8)16)15(20-2)10-6-7-12(17)14(19)13(10)18/h3-7,15,20H,1-2H3. The van der Waals surface area contributed by atoms with Gasteiger partial charge < -0.3 is 5.32 Å². The van der Waals surface area contributed by atoms with Gasteiger partial charge in [-0.2, -0.15) is 0 Å². The third-order valence-corrected chi connectivity index (χ3v) is 3.69. The Bertz CT molecular complexity index is 643. The van der Waals surface area contributed by atoms with Gasteiger partial charge in [-0.15, -0.1) is 0 Å². The van der Waals surface area contributed by atoms with E-state index in [1.807, 2.05) is 0 Å². The highest BCUT2D eigenvalue weighted by atomic mass is 35.5. The van der Waals surface area contributed by atoms with Crippen LogP contribution in [-0.2, 0) is 0 Å². The van der Waals surface area contributed by atoms with Crippen molar-refractivity contribution >= 4 is 11.6 Å². The van der Waals surface area contributed by atoms with Gasteiger partial charge in [0.15, 0.2) is 17.5 Å². The van der Waals surface area contributed by atoms with E-state index in [4.69, 9.17) is 11.6 Å². The molecule has 2 rings (SSSR count). The predicted octanol–water partition coefficient (Wildman–Crippen LogP) is 4.37. The highest BCUT2D eigenvalue weighted by molar-refractivity contribution is 6.31. The maximum absolute atomic E-state index is 13.9. The molecule has 20 heavy (non-hydrogen) atoms. The molecule has 0 spiro atoms. The molecule has 1 unspecified atom stereocenters. The molecule has 0 radical (unpaired) electrons. The van der Waals surface area contributed by atoms with Crippen LogP contribution in [0.25, 0.3) is 0 Å². The molecule has 2 aromatic rings. The lowest BCUT2D eigenvalue weighted by Crippen LogP contribution is -2.20. The second-order valence-electron chi connectivity index (χ2n) is 4.44. The summed E-state index contributed by atoms with van der Waals surface area (Å²) >= 11 is 6.04. The highest BCUT2D eigenvalue weighted by Gasteiger charge is 2.22. The van der Waals surface area contributed by atoms with E-state index in [1.54, 1.807) is 32.2 Å². The van der Waals surface area contributed by atoms with Crippen molar-refractivity contribution in [3.63, 3.8) is 0 Å². The molecule has 106 valence electrons. The molecular formula is C15H13ClF3N. The summed E-state index contributed by atoms with van der Waals surface area (Å²) in [5.74, 6) is -3.87. The molecule has 0 heterocycles. The first-order valence-corrected chi connectivity index (χ1v) is 6.40. The number of rotatable bonds is 3. The first kappa shape index (κ1) is 14.9. The fourth-order valence-corrected chi connectivity index (χ4v) is 2.36. The lowest BCUT2D eigenvalue weighted by Gasteiger charge is -2.20. The molecule has 2 aromatic carbocycles. The van der Waals surface area contributed by atoms with Crippen molar-refractivity contribution in [2.24, 2.45) is 0 Å². The lowest BCUT2D eigenvalue weighted by molar-refractivity contribution is 0.435. The third kappa shape index (κ3) is 2.53. The van der Waals surface area contributed by atoms with E-state index in [2.05, 4.69) is 5.32 Å². The molecular weight excluding hydrogens is 287 g/mol. The minimum absolute atomic E-state index is 0.0387. The average molecular weight is 300 g/mol. The van der Waals surface area contributed by atoms with Gasteiger partial charge in [-0.05, 0) is 37.2 Å². The van der Waals surface area contributed by atoms with Gasteiger partial charge >= 0.3 is 0 Å². The van der Waals surface area contributed by atoms with E-state index in [1.165, 1.54) is 6.07 Å². The van der Waals surface area contributed by atoms with Crippen LogP contribution < -0.4 is 5.32 Å². The van der Waals surface area contributed by atoms with E-state index >= 15 is 0 Å². The zero-order valence-corrected chi connectivity index (χ0v) is 11.7. The molecule has 1 atom stereocenters. The van der Waals surface area contributed by atoms with Gasteiger partial charge in [-0.3, -0.25) is 0 Å². The quantitative estimate of drug-likeness (QED) is 0.830. The Kier molecular flexibility index (Phi) is 4.35. The smallest absolute Gasteiger partial charge is 0.194 e. The number of halogens is 4. The maximum Gasteiger partial charge on any atom is 0.194 e. The summed E-state index contributed by atoms with van der Waals surface area (Å²) in [5.41, 5.74) is 1.51. The summed E-state index contributed by atoms with van der Waals surface area (Å²) in [6, 6.07) is 6.75. The summed E-state index contributed by atoms with van der Waals surface area (Å²) in [4.78, 5) is 0. The molecule has 0 aliphatic rings. The average Bonchev–Trinajstić information content (AvgIpc) is 2.44. The van der Waals surface area contributed by atoms with Gasteiger partial charge in [-0.25, -0.2) is 13.2 Å². The summed E-state index contributed by atoms with van der Waals surface area (Å²) in [6.07, 6.45) is 0. The van der Waals surface area contributed by atoms with Crippen molar-refractivity contribution in [3.8, 4) is 0 Å². The largest absolute Gasteiger partial charge is 0.309 e. The second-order valence-corrected chi connectivity index (χ2v) is 4.85. The SMILES string of the molecule is CNC(c1cccc(Cl)c1C)c1ccc(F)c(F)c1F. The predicted molar refractivity (Wildman–Crippen MR) is 73.4 cm³/mol. The normalized spacial score (nSPS) is 12.5. The van der Waals surface area contributed by atoms with Crippen molar-refractivity contribution < 1.29 is 13.2 Å². The lowest BCUT2D eigenvalue weighted by atomic mass is 9.94. The van der Waals surface area contributed by atoms with Crippen LogP contribution >= 0.6 is 11.6 Å². The monoisotopic (exact) mass is 299 g/mol. The molecule has 0 amide bonds. The molecule has 0 bridgehead atoms. The molecule has 0 fully saturated rings. The summed E-state index contributed by atoms with van der Waals surface area (Å²) < 4.78 is 40.3. The third-order valence-electron chi connectivity index (χ3n) is 3.29. The van der Waals surface area contributed by atoms with Crippen molar-refractivity contribution in [2.75, 3.05) is 7.05 Å². The Balaban J connectivity index is 2.59. The van der Waals surface area contributed by atoms with Crippen LogP contribution in [0.1, 0.15) is 22.7 Å². The van der Waals surface area contributed by atoms with Gasteiger partial charge in [0, 0.05) is 10.6 Å². The topological polar surface area (TPSA) is 12.0 Å². The second kappa shape index (κ2) is 5.85. The number of nitrogens with one attached hydrogen (secondary N) is 1. The number of hydrogen-bond acceptors (Lipinski definition) is 1. The summed E-state index contributed by atoms with van der Waals surface area (Å²) in [7, 11) is 1.62. The Morgan fingerprint density at radius 1 is 1.00 bits per heavy atom. The Morgan fingerprint density at radius 2 is 1.70 bits per heavy atom. The van der Waals surface area contributed by atoms with Crippen LogP contribution in [0.5, 0.6) is 0 Å². The van der Waals surface area contributed by atoms with Crippen LogP contribution in [0.4, 0.5) is 13.2 Å². The first-order chi connectivity index (χ1) is 9.47. The van der Waals surface area contributed by atoms with E-state index in [0.29, 0.717) is 10.6 Å². The van der Waals surface area contributed by atoms with Crippen LogP contribution in [0.15, 0.2) is 30.3 Å². The molecule has 0 saturated heterocycles. The maximum atomic E-state index is 13.9. The van der Waals surface area contributed by atoms with Crippen molar-refractivity contribution in [1.82, 2.24) is 5.32 Å². The summed E-state index contributed by atoms with van der Waals surface area (Å²) in [5, 5.41) is 3.44. The Hall–Kier alpha value is -1.52. The number of benzene rings is 2. The molecule has 0 saturated carbocycles. The molecule has 0 aliphatic heterocycles. The van der Waals surface area contributed by atoms with Gasteiger partial charge in [0.05, 0.1) is 6.04 Å². The fraction of sp³-hybridized carbons (Fsp3) is 0.200. The zero-order valence-electron chi connectivity index (χ0n) is 11.0. The van der Waals surface area contributed by atoms with Crippen LogP contribution in [0.3, 0.4) is 0 Å². The van der Waals surface area contributed by atoms with Gasteiger partial charge in [-0.1, -0.05) is 29.8 Å².